The first-order chi connectivity index (χ1) is 11.8. The number of thiazole rings is 1. The molecule has 134 valence electrons. The van der Waals surface area contributed by atoms with E-state index in [0.29, 0.717) is 5.13 Å². The van der Waals surface area contributed by atoms with Gasteiger partial charge in [-0.1, -0.05) is 6.07 Å². The summed E-state index contributed by atoms with van der Waals surface area (Å²) in [5.41, 5.74) is 0.0188. The van der Waals surface area contributed by atoms with E-state index >= 15 is 0 Å². The minimum absolute atomic E-state index is 0.00329. The number of nitrogens with one attached hydrogen (secondary N) is 2. The summed E-state index contributed by atoms with van der Waals surface area (Å²) >= 11 is 1.11. The van der Waals surface area contributed by atoms with Gasteiger partial charge >= 0.3 is 0 Å². The van der Waals surface area contributed by atoms with Gasteiger partial charge in [-0.25, -0.2) is 13.8 Å². The van der Waals surface area contributed by atoms with E-state index in [4.69, 9.17) is 0 Å². The number of carbonyl (C=O) groups excluding carboxylic acids is 2. The van der Waals surface area contributed by atoms with E-state index < -0.39 is 23.6 Å². The maximum Gasteiger partial charge on any atom is 0.270 e. The Balaban J connectivity index is 2.10. The Hall–Kier alpha value is -2.39. The molecule has 6 nitrogen and oxygen atoms in total. The molecule has 9 heteroatoms. The summed E-state index contributed by atoms with van der Waals surface area (Å²) in [6.45, 7) is 1.34. The van der Waals surface area contributed by atoms with Crippen LogP contribution in [0.15, 0.2) is 23.6 Å². The van der Waals surface area contributed by atoms with E-state index in [9.17, 15) is 18.4 Å². The normalized spacial score (nSPS) is 12.1. The zero-order valence-electron chi connectivity index (χ0n) is 14.0. The molecule has 0 aliphatic heterocycles. The van der Waals surface area contributed by atoms with Gasteiger partial charge in [0.05, 0.1) is 6.04 Å². The Morgan fingerprint density at radius 3 is 2.48 bits per heavy atom. The van der Waals surface area contributed by atoms with E-state index in [1.807, 2.05) is 0 Å². The molecule has 2 rings (SSSR count). The van der Waals surface area contributed by atoms with Crippen LogP contribution in [-0.4, -0.2) is 42.3 Å². The molecule has 2 aromatic rings. The van der Waals surface area contributed by atoms with Gasteiger partial charge < -0.3 is 15.5 Å². The van der Waals surface area contributed by atoms with Crippen LogP contribution >= 0.6 is 11.3 Å². The Labute approximate surface area is 147 Å². The van der Waals surface area contributed by atoms with E-state index in [0.717, 1.165) is 11.3 Å². The molecule has 2 N–H and O–H groups in total. The van der Waals surface area contributed by atoms with Crippen molar-refractivity contribution in [3.8, 4) is 0 Å². The number of likely N-dealkylation sites (N-methyl/N-ethyl adjacent to an activating group) is 1. The number of hydrogen-bond donors (Lipinski definition) is 2. The zero-order chi connectivity index (χ0) is 18.6. The molecule has 0 saturated heterocycles. The molecular formula is C16H18F2N4O2S. The molecule has 25 heavy (non-hydrogen) atoms. The Bertz CT molecular complexity index is 759. The van der Waals surface area contributed by atoms with E-state index in [1.165, 1.54) is 30.5 Å². The molecule has 0 spiro atoms. The minimum Gasteiger partial charge on any atom is -0.349 e. The van der Waals surface area contributed by atoms with Crippen molar-refractivity contribution in [2.45, 2.75) is 13.0 Å². The lowest BCUT2D eigenvalue weighted by atomic mass is 10.0. The summed E-state index contributed by atoms with van der Waals surface area (Å²) in [5, 5.41) is 6.90. The van der Waals surface area contributed by atoms with Crippen LogP contribution in [0.1, 0.15) is 29.0 Å². The summed E-state index contributed by atoms with van der Waals surface area (Å²) in [5.74, 6) is -2.12. The monoisotopic (exact) mass is 368 g/mol. The van der Waals surface area contributed by atoms with Crippen molar-refractivity contribution in [2.75, 3.05) is 26.0 Å². The van der Waals surface area contributed by atoms with Gasteiger partial charge in [0, 0.05) is 24.4 Å². The van der Waals surface area contributed by atoms with Crippen molar-refractivity contribution in [3.05, 3.63) is 46.5 Å². The third-order valence-electron chi connectivity index (χ3n) is 3.43. The number of benzene rings is 1. The number of halogens is 2. The van der Waals surface area contributed by atoms with Crippen LogP contribution in [0.3, 0.4) is 0 Å². The summed E-state index contributed by atoms with van der Waals surface area (Å²) in [7, 11) is 3.33. The molecule has 0 bridgehead atoms. The predicted molar refractivity (Wildman–Crippen MR) is 91.5 cm³/mol. The summed E-state index contributed by atoms with van der Waals surface area (Å²) in [6.07, 6.45) is 0. The van der Waals surface area contributed by atoms with Crippen LogP contribution in [0, 0.1) is 11.6 Å². The van der Waals surface area contributed by atoms with Gasteiger partial charge in [-0.2, -0.15) is 0 Å². The number of rotatable bonds is 6. The molecule has 0 saturated carbocycles. The van der Waals surface area contributed by atoms with Crippen molar-refractivity contribution < 1.29 is 18.4 Å². The van der Waals surface area contributed by atoms with Gasteiger partial charge in [0.25, 0.3) is 5.91 Å². The fraction of sp³-hybridized carbons (Fsp3) is 0.312. The topological polar surface area (TPSA) is 74.3 Å². The lowest BCUT2D eigenvalue weighted by Crippen LogP contribution is -2.35. The van der Waals surface area contributed by atoms with Crippen molar-refractivity contribution in [1.29, 1.82) is 0 Å². The summed E-state index contributed by atoms with van der Waals surface area (Å²) in [4.78, 5) is 28.8. The third-order valence-corrected chi connectivity index (χ3v) is 4.19. The second kappa shape index (κ2) is 8.13. The summed E-state index contributed by atoms with van der Waals surface area (Å²) in [6, 6.07) is 2.96. The van der Waals surface area contributed by atoms with E-state index in [1.54, 1.807) is 19.0 Å². The van der Waals surface area contributed by atoms with Crippen LogP contribution in [0.2, 0.25) is 0 Å². The number of aromatic nitrogens is 1. The standard InChI is InChI=1S/C16H18F2N4O2S/c1-9(23)20-16-21-12(8-25-16)15(24)19-7-13(22(2)3)14-10(17)5-4-6-11(14)18/h4-6,8,13H,7H2,1-3H3,(H,19,24)(H,20,21,23). The summed E-state index contributed by atoms with van der Waals surface area (Å²) < 4.78 is 28.0. The number of carbonyl (C=O) groups is 2. The minimum atomic E-state index is -0.682. The molecule has 0 aliphatic rings. The quantitative estimate of drug-likeness (QED) is 0.821. The molecule has 0 aliphatic carbocycles. The molecule has 1 unspecified atom stereocenters. The van der Waals surface area contributed by atoms with Crippen molar-refractivity contribution in [1.82, 2.24) is 15.2 Å². The van der Waals surface area contributed by atoms with E-state index in [-0.39, 0.29) is 23.7 Å². The largest absolute Gasteiger partial charge is 0.349 e. The van der Waals surface area contributed by atoms with Crippen molar-refractivity contribution >= 4 is 28.3 Å². The molecule has 0 fully saturated rings. The van der Waals surface area contributed by atoms with Gasteiger partial charge in [-0.05, 0) is 26.2 Å². The highest BCUT2D eigenvalue weighted by Gasteiger charge is 2.23. The molecular weight excluding hydrogens is 350 g/mol. The van der Waals surface area contributed by atoms with Gasteiger partial charge in [0.1, 0.15) is 17.3 Å². The highest BCUT2D eigenvalue weighted by molar-refractivity contribution is 7.14. The molecule has 1 heterocycles. The predicted octanol–water partition coefficient (Wildman–Crippen LogP) is 2.41. The first-order valence-corrected chi connectivity index (χ1v) is 8.29. The Morgan fingerprint density at radius 2 is 1.92 bits per heavy atom. The van der Waals surface area contributed by atoms with Crippen molar-refractivity contribution in [3.63, 3.8) is 0 Å². The molecule has 2 amide bonds. The van der Waals surface area contributed by atoms with Crippen LogP contribution in [-0.2, 0) is 4.79 Å². The number of amides is 2. The molecule has 1 atom stereocenters. The average Bonchev–Trinajstić information content (AvgIpc) is 2.97. The first-order valence-electron chi connectivity index (χ1n) is 7.41. The Kier molecular flexibility index (Phi) is 6.16. The maximum absolute atomic E-state index is 14.0. The van der Waals surface area contributed by atoms with Gasteiger partial charge in [0.15, 0.2) is 5.13 Å². The van der Waals surface area contributed by atoms with E-state index in [2.05, 4.69) is 15.6 Å². The van der Waals surface area contributed by atoms with Gasteiger partial charge in [-0.15, -0.1) is 11.3 Å². The number of nitrogens with zero attached hydrogens (tertiary/aromatic N) is 2. The second-order valence-corrected chi connectivity index (χ2v) is 6.40. The average molecular weight is 368 g/mol. The first kappa shape index (κ1) is 18.9. The lowest BCUT2D eigenvalue weighted by Gasteiger charge is -2.25. The lowest BCUT2D eigenvalue weighted by molar-refractivity contribution is -0.114. The molecule has 1 aromatic carbocycles. The highest BCUT2D eigenvalue weighted by atomic mass is 32.1. The van der Waals surface area contributed by atoms with Crippen LogP contribution < -0.4 is 10.6 Å². The van der Waals surface area contributed by atoms with Crippen molar-refractivity contribution in [2.24, 2.45) is 0 Å². The van der Waals surface area contributed by atoms with Gasteiger partial charge in [0.2, 0.25) is 5.91 Å². The smallest absolute Gasteiger partial charge is 0.270 e. The molecule has 1 aromatic heterocycles. The van der Waals surface area contributed by atoms with Crippen LogP contribution in [0.5, 0.6) is 0 Å². The van der Waals surface area contributed by atoms with Crippen LogP contribution in [0.25, 0.3) is 0 Å². The van der Waals surface area contributed by atoms with Gasteiger partial charge in [-0.3, -0.25) is 9.59 Å². The number of hydrogen-bond acceptors (Lipinski definition) is 5. The fourth-order valence-electron chi connectivity index (χ4n) is 2.24. The maximum atomic E-state index is 14.0. The number of anilines is 1. The van der Waals surface area contributed by atoms with Crippen LogP contribution in [0.4, 0.5) is 13.9 Å². The zero-order valence-corrected chi connectivity index (χ0v) is 14.8. The fourth-order valence-corrected chi connectivity index (χ4v) is 2.97. The molecule has 0 radical (unpaired) electrons. The second-order valence-electron chi connectivity index (χ2n) is 5.54. The highest BCUT2D eigenvalue weighted by Crippen LogP contribution is 2.24. The Morgan fingerprint density at radius 1 is 1.28 bits per heavy atom. The SMILES string of the molecule is CC(=O)Nc1nc(C(=O)NCC(c2c(F)cccc2F)N(C)C)cs1. The third kappa shape index (κ3) is 4.80.